The Balaban J connectivity index is 2.12. The highest BCUT2D eigenvalue weighted by molar-refractivity contribution is 9.10. The molecule has 3 aromatic rings. The molecule has 0 bridgehead atoms. The number of anilines is 1. The maximum Gasteiger partial charge on any atom is 0.0862 e. The standard InChI is InChI=1S/C14H10BrN3S/c15-9-7-11-12(16)1-2-13(14(11)18-8-9)19-10-3-5-17-6-4-10/h1-8H,16H2. The monoisotopic (exact) mass is 331 g/mol. The van der Waals surface area contributed by atoms with Gasteiger partial charge in [0.2, 0.25) is 0 Å². The predicted molar refractivity (Wildman–Crippen MR) is 82.2 cm³/mol. The average molecular weight is 332 g/mol. The molecule has 0 fully saturated rings. The second-order valence-corrected chi connectivity index (χ2v) is 6.02. The first kappa shape index (κ1) is 12.4. The van der Waals surface area contributed by atoms with Crippen molar-refractivity contribution in [2.45, 2.75) is 9.79 Å². The van der Waals surface area contributed by atoms with Crippen LogP contribution in [0.5, 0.6) is 0 Å². The van der Waals surface area contributed by atoms with Crippen LogP contribution in [0.1, 0.15) is 0 Å². The molecule has 0 saturated carbocycles. The number of hydrogen-bond donors (Lipinski definition) is 1. The summed E-state index contributed by atoms with van der Waals surface area (Å²) in [6.45, 7) is 0. The molecule has 0 unspecified atom stereocenters. The van der Waals surface area contributed by atoms with Gasteiger partial charge in [-0.25, -0.2) is 0 Å². The maximum atomic E-state index is 6.01. The molecule has 0 aliphatic rings. The van der Waals surface area contributed by atoms with Crippen LogP contribution in [0.4, 0.5) is 5.69 Å². The largest absolute Gasteiger partial charge is 0.398 e. The SMILES string of the molecule is Nc1ccc(Sc2ccncc2)c2ncc(Br)cc12. The number of hydrogen-bond acceptors (Lipinski definition) is 4. The Morgan fingerprint density at radius 1 is 1.11 bits per heavy atom. The Morgan fingerprint density at radius 3 is 2.68 bits per heavy atom. The molecule has 19 heavy (non-hydrogen) atoms. The zero-order valence-electron chi connectivity index (χ0n) is 9.88. The van der Waals surface area contributed by atoms with Crippen LogP contribution in [0.2, 0.25) is 0 Å². The van der Waals surface area contributed by atoms with Crippen LogP contribution in [0.3, 0.4) is 0 Å². The van der Waals surface area contributed by atoms with E-state index < -0.39 is 0 Å². The summed E-state index contributed by atoms with van der Waals surface area (Å²) in [7, 11) is 0. The van der Waals surface area contributed by atoms with E-state index in [2.05, 4.69) is 25.9 Å². The van der Waals surface area contributed by atoms with Gasteiger partial charge in [0.25, 0.3) is 0 Å². The molecular formula is C14H10BrN3S. The topological polar surface area (TPSA) is 51.8 Å². The Bertz CT molecular complexity index is 731. The van der Waals surface area contributed by atoms with E-state index in [-0.39, 0.29) is 0 Å². The van der Waals surface area contributed by atoms with Gasteiger partial charge in [-0.15, -0.1) is 0 Å². The lowest BCUT2D eigenvalue weighted by molar-refractivity contribution is 1.26. The van der Waals surface area contributed by atoms with E-state index in [1.54, 1.807) is 30.4 Å². The predicted octanol–water partition coefficient (Wildman–Crippen LogP) is 4.13. The third-order valence-electron chi connectivity index (χ3n) is 2.69. The van der Waals surface area contributed by atoms with Gasteiger partial charge in [-0.3, -0.25) is 9.97 Å². The van der Waals surface area contributed by atoms with Crippen molar-refractivity contribution in [1.82, 2.24) is 9.97 Å². The summed E-state index contributed by atoms with van der Waals surface area (Å²) < 4.78 is 0.928. The molecule has 2 heterocycles. The molecule has 1 aromatic carbocycles. The smallest absolute Gasteiger partial charge is 0.0862 e. The van der Waals surface area contributed by atoms with E-state index in [4.69, 9.17) is 5.73 Å². The molecule has 0 aliphatic heterocycles. The molecule has 2 aromatic heterocycles. The van der Waals surface area contributed by atoms with Gasteiger partial charge in [-0.1, -0.05) is 11.8 Å². The Morgan fingerprint density at radius 2 is 1.89 bits per heavy atom. The fourth-order valence-electron chi connectivity index (χ4n) is 1.81. The molecule has 2 N–H and O–H groups in total. The van der Waals surface area contributed by atoms with Crippen molar-refractivity contribution in [3.05, 3.63) is 53.4 Å². The summed E-state index contributed by atoms with van der Waals surface area (Å²) in [5, 5.41) is 0.966. The molecular weight excluding hydrogens is 322 g/mol. The lowest BCUT2D eigenvalue weighted by Gasteiger charge is -2.08. The van der Waals surface area contributed by atoms with Gasteiger partial charge in [0.1, 0.15) is 0 Å². The van der Waals surface area contributed by atoms with Crippen molar-refractivity contribution in [2.75, 3.05) is 5.73 Å². The first-order valence-corrected chi connectivity index (χ1v) is 7.26. The number of nitrogens with zero attached hydrogens (tertiary/aromatic N) is 2. The molecule has 0 amide bonds. The zero-order valence-corrected chi connectivity index (χ0v) is 12.3. The third-order valence-corrected chi connectivity index (χ3v) is 4.18. The molecule has 3 rings (SSSR count). The van der Waals surface area contributed by atoms with Crippen LogP contribution in [0, 0.1) is 0 Å². The third kappa shape index (κ3) is 2.57. The quantitative estimate of drug-likeness (QED) is 0.717. The number of nitrogens with two attached hydrogens (primary N) is 1. The number of rotatable bonds is 2. The molecule has 0 atom stereocenters. The molecule has 5 heteroatoms. The van der Waals surface area contributed by atoms with Crippen LogP contribution >= 0.6 is 27.7 Å². The van der Waals surface area contributed by atoms with Crippen LogP contribution in [0.15, 0.2) is 63.2 Å². The van der Waals surface area contributed by atoms with Crippen molar-refractivity contribution in [3.8, 4) is 0 Å². The van der Waals surface area contributed by atoms with Gasteiger partial charge in [-0.2, -0.15) is 0 Å². The highest BCUT2D eigenvalue weighted by Crippen LogP contribution is 2.35. The van der Waals surface area contributed by atoms with Crippen molar-refractivity contribution < 1.29 is 0 Å². The zero-order chi connectivity index (χ0) is 13.2. The lowest BCUT2D eigenvalue weighted by Crippen LogP contribution is -1.90. The van der Waals surface area contributed by atoms with E-state index in [0.29, 0.717) is 0 Å². The van der Waals surface area contributed by atoms with Gasteiger partial charge in [0, 0.05) is 43.9 Å². The van der Waals surface area contributed by atoms with E-state index >= 15 is 0 Å². The Labute approximate surface area is 123 Å². The number of benzene rings is 1. The highest BCUT2D eigenvalue weighted by Gasteiger charge is 2.07. The average Bonchev–Trinajstić information content (AvgIpc) is 2.43. The van der Waals surface area contributed by atoms with Gasteiger partial charge < -0.3 is 5.73 Å². The van der Waals surface area contributed by atoms with E-state index in [1.807, 2.05) is 30.3 Å². The summed E-state index contributed by atoms with van der Waals surface area (Å²) in [5.74, 6) is 0. The lowest BCUT2D eigenvalue weighted by atomic mass is 10.2. The van der Waals surface area contributed by atoms with Gasteiger partial charge >= 0.3 is 0 Å². The Hall–Kier alpha value is -1.59. The minimum Gasteiger partial charge on any atom is -0.398 e. The number of halogens is 1. The van der Waals surface area contributed by atoms with Gasteiger partial charge in [0.05, 0.1) is 5.52 Å². The van der Waals surface area contributed by atoms with Crippen LogP contribution < -0.4 is 5.73 Å². The molecule has 0 saturated heterocycles. The summed E-state index contributed by atoms with van der Waals surface area (Å²) in [6, 6.07) is 9.87. The molecule has 94 valence electrons. The van der Waals surface area contributed by atoms with E-state index in [9.17, 15) is 0 Å². The van der Waals surface area contributed by atoms with E-state index in [0.717, 1.165) is 30.9 Å². The number of pyridine rings is 2. The highest BCUT2D eigenvalue weighted by atomic mass is 79.9. The summed E-state index contributed by atoms with van der Waals surface area (Å²) >= 11 is 5.08. The fraction of sp³-hybridized carbons (Fsp3) is 0. The normalized spacial score (nSPS) is 10.8. The summed E-state index contributed by atoms with van der Waals surface area (Å²) in [6.07, 6.45) is 5.36. The van der Waals surface area contributed by atoms with Crippen molar-refractivity contribution in [2.24, 2.45) is 0 Å². The first-order valence-electron chi connectivity index (χ1n) is 5.65. The van der Waals surface area contributed by atoms with E-state index in [1.165, 1.54) is 0 Å². The molecule has 0 aliphatic carbocycles. The maximum absolute atomic E-state index is 6.01. The molecule has 3 nitrogen and oxygen atoms in total. The van der Waals surface area contributed by atoms with Crippen molar-refractivity contribution >= 4 is 44.3 Å². The number of fused-ring (bicyclic) bond motifs is 1. The minimum atomic E-state index is 0.739. The number of nitrogen functional groups attached to an aromatic ring is 1. The minimum absolute atomic E-state index is 0.739. The van der Waals surface area contributed by atoms with Crippen LogP contribution in [-0.4, -0.2) is 9.97 Å². The first-order chi connectivity index (χ1) is 9.24. The number of aromatic nitrogens is 2. The second-order valence-electron chi connectivity index (χ2n) is 3.99. The van der Waals surface area contributed by atoms with Crippen LogP contribution in [-0.2, 0) is 0 Å². The van der Waals surface area contributed by atoms with Crippen LogP contribution in [0.25, 0.3) is 10.9 Å². The van der Waals surface area contributed by atoms with Gasteiger partial charge in [0.15, 0.2) is 0 Å². The van der Waals surface area contributed by atoms with Gasteiger partial charge in [-0.05, 0) is 46.3 Å². The van der Waals surface area contributed by atoms with Crippen molar-refractivity contribution in [1.29, 1.82) is 0 Å². The molecule has 0 spiro atoms. The molecule has 0 radical (unpaired) electrons. The Kier molecular flexibility index (Phi) is 3.40. The second kappa shape index (κ2) is 5.19. The van der Waals surface area contributed by atoms with Crippen molar-refractivity contribution in [3.63, 3.8) is 0 Å². The summed E-state index contributed by atoms with van der Waals surface area (Å²) in [4.78, 5) is 10.7. The summed E-state index contributed by atoms with van der Waals surface area (Å²) in [5.41, 5.74) is 7.67. The fourth-order valence-corrected chi connectivity index (χ4v) is 3.04.